The van der Waals surface area contributed by atoms with Crippen LogP contribution in [0.3, 0.4) is 0 Å². The van der Waals surface area contributed by atoms with Crippen molar-refractivity contribution in [3.63, 3.8) is 0 Å². The molecule has 18 heavy (non-hydrogen) atoms. The van der Waals surface area contributed by atoms with E-state index in [0.29, 0.717) is 12.8 Å². The van der Waals surface area contributed by atoms with Gasteiger partial charge in [-0.1, -0.05) is 24.3 Å². The van der Waals surface area contributed by atoms with E-state index in [1.807, 2.05) is 0 Å². The Hall–Kier alpha value is -1.75. The molecule has 0 aliphatic carbocycles. The highest BCUT2D eigenvalue weighted by atomic mass is 32.2. The average Bonchev–Trinajstić information content (AvgIpc) is 2.35. The summed E-state index contributed by atoms with van der Waals surface area (Å²) < 4.78 is 23.6. The Balaban J connectivity index is 2.64. The van der Waals surface area contributed by atoms with Gasteiger partial charge >= 0.3 is 0 Å². The Kier molecular flexibility index (Phi) is 5.45. The first-order valence-electron chi connectivity index (χ1n) is 5.47. The Morgan fingerprint density at radius 3 is 2.39 bits per heavy atom. The normalized spacial score (nSPS) is 11.6. The van der Waals surface area contributed by atoms with E-state index in [2.05, 4.69) is 0 Å². The zero-order valence-electron chi connectivity index (χ0n) is 9.78. The van der Waals surface area contributed by atoms with Crippen molar-refractivity contribution in [2.24, 2.45) is 0 Å². The minimum Gasteiger partial charge on any atom is -0.303 e. The van der Waals surface area contributed by atoms with E-state index in [9.17, 15) is 18.0 Å². The lowest BCUT2D eigenvalue weighted by Crippen LogP contribution is -2.14. The van der Waals surface area contributed by atoms with Gasteiger partial charge in [0.25, 0.3) is 0 Å². The van der Waals surface area contributed by atoms with Crippen molar-refractivity contribution in [2.45, 2.75) is 17.7 Å². The van der Waals surface area contributed by atoms with Crippen molar-refractivity contribution in [3.8, 4) is 0 Å². The summed E-state index contributed by atoms with van der Waals surface area (Å²) in [6, 6.07) is 7.84. The zero-order chi connectivity index (χ0) is 13.4. The topological polar surface area (TPSA) is 68.3 Å². The third kappa shape index (κ3) is 4.63. The van der Waals surface area contributed by atoms with Crippen LogP contribution in [-0.4, -0.2) is 26.2 Å². The number of carbonyl (C=O) groups is 2. The van der Waals surface area contributed by atoms with Crippen LogP contribution < -0.4 is 0 Å². The highest BCUT2D eigenvalue weighted by Gasteiger charge is 2.16. The Labute approximate surface area is 106 Å². The number of unbranched alkanes of at least 4 members (excludes halogenated alkanes) is 1. The van der Waals surface area contributed by atoms with Crippen molar-refractivity contribution in [2.75, 3.05) is 5.75 Å². The zero-order valence-corrected chi connectivity index (χ0v) is 10.6. The van der Waals surface area contributed by atoms with E-state index in [1.165, 1.54) is 24.3 Å². The number of allylic oxidation sites excluding steroid dienone is 2. The van der Waals surface area contributed by atoms with Crippen LogP contribution in [0.15, 0.2) is 47.4 Å². The highest BCUT2D eigenvalue weighted by molar-refractivity contribution is 7.92. The first kappa shape index (κ1) is 14.3. The summed E-state index contributed by atoms with van der Waals surface area (Å²) in [6.07, 6.45) is 4.24. The molecule has 1 aromatic rings. The fourth-order valence-electron chi connectivity index (χ4n) is 1.33. The van der Waals surface area contributed by atoms with Gasteiger partial charge in [0.05, 0.1) is 4.90 Å². The number of ketones is 1. The van der Waals surface area contributed by atoms with Crippen LogP contribution in [0.1, 0.15) is 12.8 Å². The number of aldehydes is 1. The number of carbonyl (C=O) groups excluding carboxylic acids is 2. The third-order valence-electron chi connectivity index (χ3n) is 2.19. The molecule has 0 aromatic heterocycles. The molecule has 0 atom stereocenters. The third-order valence-corrected chi connectivity index (χ3v) is 3.84. The first-order chi connectivity index (χ1) is 8.56. The average molecular weight is 266 g/mol. The van der Waals surface area contributed by atoms with Gasteiger partial charge in [0, 0.05) is 6.42 Å². The quantitative estimate of drug-likeness (QED) is 0.427. The lowest BCUT2D eigenvalue weighted by Gasteiger charge is -2.01. The van der Waals surface area contributed by atoms with E-state index in [4.69, 9.17) is 0 Å². The number of sulfone groups is 1. The number of hydrogen-bond donors (Lipinski definition) is 0. The summed E-state index contributed by atoms with van der Waals surface area (Å²) in [5.41, 5.74) is 0. The van der Waals surface area contributed by atoms with E-state index in [-0.39, 0.29) is 4.90 Å². The Bertz CT molecular complexity index is 529. The van der Waals surface area contributed by atoms with Crippen LogP contribution >= 0.6 is 0 Å². The van der Waals surface area contributed by atoms with Gasteiger partial charge in [-0.3, -0.25) is 4.79 Å². The summed E-state index contributed by atoms with van der Waals surface area (Å²) in [5.74, 6) is -1.03. The molecular weight excluding hydrogens is 252 g/mol. The van der Waals surface area contributed by atoms with Crippen molar-refractivity contribution in [1.82, 2.24) is 0 Å². The predicted molar refractivity (Wildman–Crippen MR) is 67.9 cm³/mol. The summed E-state index contributed by atoms with van der Waals surface area (Å²) in [4.78, 5) is 21.6. The van der Waals surface area contributed by atoms with Gasteiger partial charge in [-0.05, 0) is 24.6 Å². The molecule has 0 heterocycles. The molecule has 0 aliphatic heterocycles. The standard InChI is InChI=1S/C13H14O4S/c14-10-6-2-3-7-12(15)11-18(16,17)13-8-4-1-5-9-13/h1,3-5,7-10H,2,6,11H2/b7-3-. The van der Waals surface area contributed by atoms with Gasteiger partial charge < -0.3 is 4.79 Å². The van der Waals surface area contributed by atoms with Crippen molar-refractivity contribution < 1.29 is 18.0 Å². The molecule has 0 spiro atoms. The maximum Gasteiger partial charge on any atom is 0.185 e. The van der Waals surface area contributed by atoms with Crippen LogP contribution in [0.2, 0.25) is 0 Å². The summed E-state index contributed by atoms with van der Waals surface area (Å²) in [6.45, 7) is 0. The molecule has 96 valence electrons. The second-order valence-electron chi connectivity index (χ2n) is 3.68. The van der Waals surface area contributed by atoms with Gasteiger partial charge in [0.2, 0.25) is 0 Å². The fourth-order valence-corrected chi connectivity index (χ4v) is 2.53. The lowest BCUT2D eigenvalue weighted by molar-refractivity contribution is -0.112. The molecule has 0 unspecified atom stereocenters. The fraction of sp³-hybridized carbons (Fsp3) is 0.231. The Morgan fingerprint density at radius 1 is 1.11 bits per heavy atom. The molecule has 0 radical (unpaired) electrons. The van der Waals surface area contributed by atoms with Crippen LogP contribution in [0.25, 0.3) is 0 Å². The minimum atomic E-state index is -3.57. The van der Waals surface area contributed by atoms with Crippen LogP contribution in [0, 0.1) is 0 Å². The molecule has 1 rings (SSSR count). The van der Waals surface area contributed by atoms with Crippen LogP contribution in [0.5, 0.6) is 0 Å². The molecule has 0 fully saturated rings. The summed E-state index contributed by atoms with van der Waals surface area (Å²) in [5, 5.41) is 0. The summed E-state index contributed by atoms with van der Waals surface area (Å²) in [7, 11) is -3.57. The van der Waals surface area contributed by atoms with Crippen LogP contribution in [0.4, 0.5) is 0 Å². The lowest BCUT2D eigenvalue weighted by atomic mass is 10.3. The molecular formula is C13H14O4S. The predicted octanol–water partition coefficient (Wildman–Crippen LogP) is 1.56. The molecule has 0 saturated carbocycles. The molecule has 0 saturated heterocycles. The van der Waals surface area contributed by atoms with Crippen molar-refractivity contribution >= 4 is 21.9 Å². The van der Waals surface area contributed by atoms with Gasteiger partial charge in [0.1, 0.15) is 12.0 Å². The minimum absolute atomic E-state index is 0.139. The van der Waals surface area contributed by atoms with Gasteiger partial charge in [0.15, 0.2) is 15.6 Å². The van der Waals surface area contributed by atoms with Crippen molar-refractivity contribution in [3.05, 3.63) is 42.5 Å². The molecule has 4 nitrogen and oxygen atoms in total. The second kappa shape index (κ2) is 6.86. The first-order valence-corrected chi connectivity index (χ1v) is 7.12. The highest BCUT2D eigenvalue weighted by Crippen LogP contribution is 2.10. The van der Waals surface area contributed by atoms with E-state index < -0.39 is 21.4 Å². The SMILES string of the molecule is O=CCC/C=C\C(=O)CS(=O)(=O)c1ccccc1. The molecule has 5 heteroatoms. The van der Waals surface area contributed by atoms with Crippen molar-refractivity contribution in [1.29, 1.82) is 0 Å². The number of rotatable bonds is 7. The molecule has 0 bridgehead atoms. The second-order valence-corrected chi connectivity index (χ2v) is 5.67. The van der Waals surface area contributed by atoms with E-state index in [0.717, 1.165) is 6.29 Å². The van der Waals surface area contributed by atoms with Gasteiger partial charge in [-0.2, -0.15) is 0 Å². The van der Waals surface area contributed by atoms with Gasteiger partial charge in [-0.15, -0.1) is 0 Å². The van der Waals surface area contributed by atoms with E-state index >= 15 is 0 Å². The number of benzene rings is 1. The molecule has 0 aliphatic rings. The molecule has 0 amide bonds. The summed E-state index contributed by atoms with van der Waals surface area (Å²) >= 11 is 0. The maximum atomic E-state index is 11.8. The van der Waals surface area contributed by atoms with Gasteiger partial charge in [-0.25, -0.2) is 8.42 Å². The van der Waals surface area contributed by atoms with Crippen LogP contribution in [-0.2, 0) is 19.4 Å². The largest absolute Gasteiger partial charge is 0.303 e. The Morgan fingerprint density at radius 2 is 1.78 bits per heavy atom. The maximum absolute atomic E-state index is 11.8. The molecule has 0 N–H and O–H groups in total. The van der Waals surface area contributed by atoms with E-state index in [1.54, 1.807) is 18.2 Å². The monoisotopic (exact) mass is 266 g/mol. The molecule has 1 aromatic carbocycles. The smallest absolute Gasteiger partial charge is 0.185 e. The number of hydrogen-bond acceptors (Lipinski definition) is 4.